The molecule has 1 saturated heterocycles. The summed E-state index contributed by atoms with van der Waals surface area (Å²) in [6.45, 7) is 11.2. The first-order valence-corrected chi connectivity index (χ1v) is 8.15. The molecule has 0 aromatic rings. The van der Waals surface area contributed by atoms with E-state index in [2.05, 4.69) is 20.8 Å². The first-order valence-electron chi connectivity index (χ1n) is 8.15. The fourth-order valence-electron chi connectivity index (χ4n) is 2.48. The third kappa shape index (κ3) is 8.54. The molecule has 0 aliphatic carbocycles. The molecule has 0 unspecified atom stereocenters. The first-order chi connectivity index (χ1) is 9.58. The van der Waals surface area contributed by atoms with Crippen LogP contribution in [0.4, 0.5) is 0 Å². The lowest BCUT2D eigenvalue weighted by molar-refractivity contribution is -0.900. The molecular weight excluding hydrogens is 254 g/mol. The largest absolute Gasteiger partial charge is 0.462 e. The highest BCUT2D eigenvalue weighted by molar-refractivity contribution is 5.70. The van der Waals surface area contributed by atoms with Gasteiger partial charge in [0, 0.05) is 0 Å². The number of rotatable bonds is 9. The maximum atomic E-state index is 11.7. The molecule has 1 N–H and O–H groups in total. The average Bonchev–Trinajstić information content (AvgIpc) is 2.39. The molecule has 0 spiro atoms. The van der Waals surface area contributed by atoms with Gasteiger partial charge in [0.15, 0.2) is 6.54 Å². The smallest absolute Gasteiger partial charge is 0.361 e. The fraction of sp³-hybridized carbons (Fsp3) is 0.938. The second-order valence-electron chi connectivity index (χ2n) is 6.48. The monoisotopic (exact) mass is 286 g/mol. The van der Waals surface area contributed by atoms with E-state index in [-0.39, 0.29) is 5.97 Å². The molecular formula is C16H32NO3+. The summed E-state index contributed by atoms with van der Waals surface area (Å²) < 4.78 is 10.6. The van der Waals surface area contributed by atoms with Crippen LogP contribution >= 0.6 is 0 Å². The Morgan fingerprint density at radius 2 is 1.85 bits per heavy atom. The molecule has 1 heterocycles. The molecule has 1 rings (SSSR count). The predicted molar refractivity (Wildman–Crippen MR) is 79.8 cm³/mol. The standard InChI is InChI=1S/C16H31NO3/c1-14(2)5-4-6-15(3)7-10-20-16(18)13-17-8-11-19-12-9-17/h14-15H,4-13H2,1-3H3/p+1/t15-/m1/s1. The van der Waals surface area contributed by atoms with Gasteiger partial charge in [0.05, 0.1) is 19.8 Å². The van der Waals surface area contributed by atoms with Gasteiger partial charge in [-0.25, -0.2) is 4.79 Å². The number of carbonyl (C=O) groups excluding carboxylic acids is 1. The van der Waals surface area contributed by atoms with Gasteiger partial charge >= 0.3 is 5.97 Å². The average molecular weight is 286 g/mol. The SMILES string of the molecule is CC(C)CCC[C@@H](C)CCOC(=O)C[NH+]1CCOCC1. The zero-order valence-corrected chi connectivity index (χ0v) is 13.5. The maximum Gasteiger partial charge on any atom is 0.361 e. The molecule has 1 fully saturated rings. The Hall–Kier alpha value is -0.610. The van der Waals surface area contributed by atoms with Crippen LogP contribution in [-0.2, 0) is 14.3 Å². The summed E-state index contributed by atoms with van der Waals surface area (Å²) in [6.07, 6.45) is 4.81. The molecule has 0 bridgehead atoms. The van der Waals surface area contributed by atoms with Crippen molar-refractivity contribution in [2.24, 2.45) is 11.8 Å². The minimum absolute atomic E-state index is 0.0590. The number of morpholine rings is 1. The Kier molecular flexibility index (Phi) is 8.86. The quantitative estimate of drug-likeness (QED) is 0.650. The van der Waals surface area contributed by atoms with Gasteiger partial charge < -0.3 is 14.4 Å². The van der Waals surface area contributed by atoms with Crippen LogP contribution in [0, 0.1) is 11.8 Å². The molecule has 0 amide bonds. The number of nitrogens with one attached hydrogen (secondary N) is 1. The van der Waals surface area contributed by atoms with Crippen LogP contribution in [0.5, 0.6) is 0 Å². The Morgan fingerprint density at radius 3 is 2.50 bits per heavy atom. The van der Waals surface area contributed by atoms with E-state index in [1.54, 1.807) is 0 Å². The van der Waals surface area contributed by atoms with Crippen LogP contribution in [0.1, 0.15) is 46.5 Å². The molecule has 4 heteroatoms. The summed E-state index contributed by atoms with van der Waals surface area (Å²) in [5.74, 6) is 1.38. The Bertz CT molecular complexity index is 262. The van der Waals surface area contributed by atoms with Gasteiger partial charge in [0.25, 0.3) is 0 Å². The zero-order valence-electron chi connectivity index (χ0n) is 13.5. The van der Waals surface area contributed by atoms with Crippen molar-refractivity contribution in [2.45, 2.75) is 46.5 Å². The van der Waals surface area contributed by atoms with Gasteiger partial charge in [-0.2, -0.15) is 0 Å². The second kappa shape index (κ2) is 10.2. The van der Waals surface area contributed by atoms with E-state index < -0.39 is 0 Å². The highest BCUT2D eigenvalue weighted by atomic mass is 16.5. The Balaban J connectivity index is 2.00. The summed E-state index contributed by atoms with van der Waals surface area (Å²) in [5, 5.41) is 0. The van der Waals surface area contributed by atoms with E-state index in [9.17, 15) is 4.79 Å². The van der Waals surface area contributed by atoms with E-state index in [0.717, 1.165) is 38.6 Å². The highest BCUT2D eigenvalue weighted by Crippen LogP contribution is 2.14. The van der Waals surface area contributed by atoms with E-state index in [1.807, 2.05) is 0 Å². The van der Waals surface area contributed by atoms with Crippen molar-refractivity contribution in [3.05, 3.63) is 0 Å². The van der Waals surface area contributed by atoms with Crippen molar-refractivity contribution in [2.75, 3.05) is 39.5 Å². The van der Waals surface area contributed by atoms with Gasteiger partial charge in [-0.05, 0) is 18.3 Å². The van der Waals surface area contributed by atoms with Crippen molar-refractivity contribution in [3.8, 4) is 0 Å². The summed E-state index contributed by atoms with van der Waals surface area (Å²) in [4.78, 5) is 13.0. The third-order valence-corrected chi connectivity index (χ3v) is 3.95. The molecule has 0 aromatic carbocycles. The van der Waals surface area contributed by atoms with E-state index in [1.165, 1.54) is 24.2 Å². The summed E-state index contributed by atoms with van der Waals surface area (Å²) in [5.41, 5.74) is 0. The predicted octanol–water partition coefficient (Wildman–Crippen LogP) is 1.30. The first kappa shape index (κ1) is 17.4. The van der Waals surface area contributed by atoms with Gasteiger partial charge in [0.2, 0.25) is 0 Å². The third-order valence-electron chi connectivity index (χ3n) is 3.95. The maximum absolute atomic E-state index is 11.7. The summed E-state index contributed by atoms with van der Waals surface area (Å²) >= 11 is 0. The number of hydrogen-bond donors (Lipinski definition) is 1. The number of quaternary nitrogens is 1. The molecule has 1 atom stereocenters. The fourth-order valence-corrected chi connectivity index (χ4v) is 2.48. The van der Waals surface area contributed by atoms with E-state index in [0.29, 0.717) is 19.1 Å². The molecule has 4 nitrogen and oxygen atoms in total. The Morgan fingerprint density at radius 1 is 1.15 bits per heavy atom. The second-order valence-corrected chi connectivity index (χ2v) is 6.48. The van der Waals surface area contributed by atoms with Gasteiger partial charge in [-0.15, -0.1) is 0 Å². The van der Waals surface area contributed by atoms with Crippen molar-refractivity contribution in [1.82, 2.24) is 0 Å². The molecule has 0 aromatic heterocycles. The lowest BCUT2D eigenvalue weighted by Gasteiger charge is -2.22. The molecule has 1 aliphatic heterocycles. The van der Waals surface area contributed by atoms with Gasteiger partial charge in [-0.3, -0.25) is 0 Å². The Labute approximate surface area is 123 Å². The van der Waals surface area contributed by atoms with Gasteiger partial charge in [-0.1, -0.05) is 40.0 Å². The molecule has 1 aliphatic rings. The van der Waals surface area contributed by atoms with Crippen molar-refractivity contribution in [1.29, 1.82) is 0 Å². The van der Waals surface area contributed by atoms with Crippen LogP contribution < -0.4 is 4.90 Å². The van der Waals surface area contributed by atoms with Crippen LogP contribution in [0.2, 0.25) is 0 Å². The molecule has 0 saturated carbocycles. The van der Waals surface area contributed by atoms with E-state index in [4.69, 9.17) is 9.47 Å². The van der Waals surface area contributed by atoms with Crippen molar-refractivity contribution < 1.29 is 19.2 Å². The van der Waals surface area contributed by atoms with Crippen LogP contribution in [0.25, 0.3) is 0 Å². The van der Waals surface area contributed by atoms with Crippen LogP contribution in [0.15, 0.2) is 0 Å². The van der Waals surface area contributed by atoms with Gasteiger partial charge in [0.1, 0.15) is 13.1 Å². The van der Waals surface area contributed by atoms with Crippen molar-refractivity contribution >= 4 is 5.97 Å². The highest BCUT2D eigenvalue weighted by Gasteiger charge is 2.18. The minimum atomic E-state index is -0.0590. The topological polar surface area (TPSA) is 40.0 Å². The number of esters is 1. The van der Waals surface area contributed by atoms with Crippen LogP contribution in [-0.4, -0.2) is 45.4 Å². The molecule has 118 valence electrons. The van der Waals surface area contributed by atoms with Crippen molar-refractivity contribution in [3.63, 3.8) is 0 Å². The number of carbonyl (C=O) groups is 1. The normalized spacial score (nSPS) is 18.2. The number of hydrogen-bond acceptors (Lipinski definition) is 3. The van der Waals surface area contributed by atoms with Crippen LogP contribution in [0.3, 0.4) is 0 Å². The summed E-state index contributed by atoms with van der Waals surface area (Å²) in [7, 11) is 0. The zero-order chi connectivity index (χ0) is 14.8. The van der Waals surface area contributed by atoms with E-state index >= 15 is 0 Å². The summed E-state index contributed by atoms with van der Waals surface area (Å²) in [6, 6.07) is 0. The number of ether oxygens (including phenoxy) is 2. The molecule has 0 radical (unpaired) electrons. The lowest BCUT2D eigenvalue weighted by atomic mass is 9.98. The minimum Gasteiger partial charge on any atom is -0.462 e. The lowest BCUT2D eigenvalue weighted by Crippen LogP contribution is -3.15. The molecule has 20 heavy (non-hydrogen) atoms.